The third-order valence-corrected chi connectivity index (χ3v) is 11.1. The van der Waals surface area contributed by atoms with Gasteiger partial charge < -0.3 is 26.6 Å². The summed E-state index contributed by atoms with van der Waals surface area (Å²) in [6.45, 7) is 1.86. The van der Waals surface area contributed by atoms with Crippen LogP contribution in [0.5, 0.6) is 0 Å². The number of benzene rings is 1. The van der Waals surface area contributed by atoms with Gasteiger partial charge in [0.1, 0.15) is 11.0 Å². The van der Waals surface area contributed by atoms with Crippen molar-refractivity contribution in [2.75, 3.05) is 55.6 Å². The number of carbonyl (C=O) groups excluding carboxylic acids is 2. The second-order valence-corrected chi connectivity index (χ2v) is 14.3. The molecule has 1 unspecified atom stereocenters. The zero-order valence-electron chi connectivity index (χ0n) is 25.0. The summed E-state index contributed by atoms with van der Waals surface area (Å²) in [5.74, 6) is -4.41. The molecule has 15 heteroatoms. The third-order valence-electron chi connectivity index (χ3n) is 9.04. The summed E-state index contributed by atoms with van der Waals surface area (Å²) >= 11 is 6.23. The van der Waals surface area contributed by atoms with Crippen LogP contribution < -0.4 is 26.6 Å². The minimum atomic E-state index is -3.80. The smallest absolute Gasteiger partial charge is 0.276 e. The van der Waals surface area contributed by atoms with Crippen LogP contribution in [0.2, 0.25) is 5.15 Å². The predicted octanol–water partition coefficient (Wildman–Crippen LogP) is 2.67. The molecule has 2 saturated heterocycles. The molecule has 1 aromatic carbocycles. The van der Waals surface area contributed by atoms with Crippen LogP contribution in [-0.4, -0.2) is 81.4 Å². The number of piperazine rings is 1. The number of aromatic nitrogens is 1. The predicted molar refractivity (Wildman–Crippen MR) is 168 cm³/mol. The molecular weight excluding hydrogens is 628 g/mol. The third kappa shape index (κ3) is 7.40. The fraction of sp³-hybridized carbons (Fsp3) is 0.567. The number of carbonyl (C=O) groups is 2. The highest BCUT2D eigenvalue weighted by molar-refractivity contribution is 7.89. The standard InChI is InChI=1S/C30H40ClF2N7O4S/c31-26-16-22(30(32,33)21-5-3-20(4-6-21)29(42)36-19-23(35)18-34)17-27(37-26)38-12-14-39(15-13-38)45(43,44)25-9-7-24(8-10-25)40-11-1-2-28(40)41/h7-10,16-17,20-21,23H,1-6,11-15,18-19,34-35H2,(H,36,42)/t20-,21-,23?. The average molecular weight is 668 g/mol. The zero-order valence-corrected chi connectivity index (χ0v) is 26.6. The van der Waals surface area contributed by atoms with Gasteiger partial charge in [-0.15, -0.1) is 0 Å². The van der Waals surface area contributed by atoms with Gasteiger partial charge in [-0.25, -0.2) is 22.2 Å². The Hall–Kier alpha value is -2.91. The molecule has 0 spiro atoms. The van der Waals surface area contributed by atoms with Gasteiger partial charge in [-0.1, -0.05) is 11.6 Å². The van der Waals surface area contributed by atoms with Crippen molar-refractivity contribution in [2.45, 2.75) is 55.4 Å². The van der Waals surface area contributed by atoms with Crippen LogP contribution in [0.25, 0.3) is 0 Å². The lowest BCUT2D eigenvalue weighted by molar-refractivity contribution is -0.129. The van der Waals surface area contributed by atoms with Crippen molar-refractivity contribution < 1.29 is 26.8 Å². The number of alkyl halides is 2. The van der Waals surface area contributed by atoms with E-state index in [0.29, 0.717) is 31.5 Å². The number of anilines is 2. The molecule has 11 nitrogen and oxygen atoms in total. The molecule has 2 aromatic rings. The van der Waals surface area contributed by atoms with Crippen LogP contribution in [0.3, 0.4) is 0 Å². The molecule has 45 heavy (non-hydrogen) atoms. The van der Waals surface area contributed by atoms with Crippen LogP contribution in [0.4, 0.5) is 20.3 Å². The lowest BCUT2D eigenvalue weighted by Crippen LogP contribution is -2.49. The molecule has 2 amide bonds. The molecule has 3 fully saturated rings. The largest absolute Gasteiger partial charge is 0.354 e. The van der Waals surface area contributed by atoms with E-state index in [4.69, 9.17) is 23.1 Å². The van der Waals surface area contributed by atoms with E-state index in [1.54, 1.807) is 21.9 Å². The Kier molecular flexibility index (Phi) is 10.3. The van der Waals surface area contributed by atoms with Gasteiger partial charge in [0, 0.05) is 81.4 Å². The first-order valence-corrected chi connectivity index (χ1v) is 17.2. The van der Waals surface area contributed by atoms with E-state index in [9.17, 15) is 18.0 Å². The Labute approximate surface area is 267 Å². The first-order chi connectivity index (χ1) is 21.4. The van der Waals surface area contributed by atoms with Crippen LogP contribution in [-0.2, 0) is 25.5 Å². The summed E-state index contributed by atoms with van der Waals surface area (Å²) in [4.78, 5) is 32.3. The number of nitrogens with two attached hydrogens (primary N) is 2. The molecule has 0 bridgehead atoms. The number of pyridine rings is 1. The fourth-order valence-electron chi connectivity index (χ4n) is 6.28. The minimum Gasteiger partial charge on any atom is -0.354 e. The van der Waals surface area contributed by atoms with Gasteiger partial charge in [0.05, 0.1) is 4.90 Å². The number of rotatable bonds is 10. The van der Waals surface area contributed by atoms with E-state index in [-0.39, 0.29) is 97.3 Å². The second kappa shape index (κ2) is 13.8. The van der Waals surface area contributed by atoms with E-state index in [2.05, 4.69) is 10.3 Å². The number of nitrogens with one attached hydrogen (secondary N) is 1. The first kappa shape index (κ1) is 33.5. The lowest BCUT2D eigenvalue weighted by atomic mass is 9.77. The summed E-state index contributed by atoms with van der Waals surface area (Å²) in [6.07, 6.45) is 2.29. The van der Waals surface area contributed by atoms with E-state index >= 15 is 8.78 Å². The molecule has 1 saturated carbocycles. The normalized spacial score (nSPS) is 22.5. The Bertz CT molecular complexity index is 1480. The van der Waals surface area contributed by atoms with Crippen LogP contribution in [0, 0.1) is 11.8 Å². The maximum atomic E-state index is 15.8. The number of hydrogen-bond acceptors (Lipinski definition) is 8. The van der Waals surface area contributed by atoms with Crippen molar-refractivity contribution in [3.05, 3.63) is 47.1 Å². The molecule has 0 radical (unpaired) electrons. The van der Waals surface area contributed by atoms with Gasteiger partial charge in [-0.05, 0) is 68.5 Å². The Morgan fingerprint density at radius 2 is 1.73 bits per heavy atom. The lowest BCUT2D eigenvalue weighted by Gasteiger charge is -2.36. The number of halogens is 3. The molecule has 3 aliphatic rings. The van der Waals surface area contributed by atoms with Gasteiger partial charge in [-0.2, -0.15) is 4.31 Å². The minimum absolute atomic E-state index is 0.0226. The second-order valence-electron chi connectivity index (χ2n) is 12.0. The van der Waals surface area contributed by atoms with Crippen molar-refractivity contribution in [1.82, 2.24) is 14.6 Å². The van der Waals surface area contributed by atoms with Gasteiger partial charge >= 0.3 is 0 Å². The molecule has 1 aliphatic carbocycles. The maximum Gasteiger partial charge on any atom is 0.276 e. The van der Waals surface area contributed by atoms with Crippen LogP contribution in [0.1, 0.15) is 44.1 Å². The summed E-state index contributed by atoms with van der Waals surface area (Å²) in [6, 6.07) is 8.46. The molecule has 1 aromatic heterocycles. The quantitative estimate of drug-likeness (QED) is 0.327. The van der Waals surface area contributed by atoms with Crippen LogP contribution in [0.15, 0.2) is 41.3 Å². The highest BCUT2D eigenvalue weighted by Gasteiger charge is 2.44. The molecule has 3 heterocycles. The highest BCUT2D eigenvalue weighted by atomic mass is 35.5. The van der Waals surface area contributed by atoms with Crippen molar-refractivity contribution in [1.29, 1.82) is 0 Å². The highest BCUT2D eigenvalue weighted by Crippen LogP contribution is 2.46. The van der Waals surface area contributed by atoms with Crippen molar-refractivity contribution in [3.8, 4) is 0 Å². The molecule has 5 rings (SSSR count). The molecular formula is C30H40ClF2N7O4S. The average Bonchev–Trinajstić information content (AvgIpc) is 3.48. The first-order valence-electron chi connectivity index (χ1n) is 15.3. The molecule has 246 valence electrons. The van der Waals surface area contributed by atoms with E-state index in [1.807, 2.05) is 0 Å². The monoisotopic (exact) mass is 667 g/mol. The Morgan fingerprint density at radius 1 is 1.07 bits per heavy atom. The van der Waals surface area contributed by atoms with E-state index in [0.717, 1.165) is 6.42 Å². The Balaban J connectivity index is 1.20. The summed E-state index contributed by atoms with van der Waals surface area (Å²) < 4.78 is 59.7. The van der Waals surface area contributed by atoms with Crippen molar-refractivity contribution in [2.24, 2.45) is 23.3 Å². The Morgan fingerprint density at radius 3 is 2.33 bits per heavy atom. The SMILES string of the molecule is NCC(N)CNC(=O)[C@H]1CC[C@H](C(F)(F)c2cc(Cl)nc(N3CCN(S(=O)(=O)c4ccc(N5CCCC5=O)cc4)CC3)c2)CC1. The number of hydrogen-bond donors (Lipinski definition) is 3. The van der Waals surface area contributed by atoms with Crippen LogP contribution >= 0.6 is 11.6 Å². The fourth-order valence-corrected chi connectivity index (χ4v) is 7.90. The van der Waals surface area contributed by atoms with E-state index < -0.39 is 21.9 Å². The van der Waals surface area contributed by atoms with E-state index in [1.165, 1.54) is 28.6 Å². The van der Waals surface area contributed by atoms with Gasteiger partial charge in [0.25, 0.3) is 5.92 Å². The number of amides is 2. The zero-order chi connectivity index (χ0) is 32.4. The molecule has 2 aliphatic heterocycles. The van der Waals surface area contributed by atoms with Gasteiger partial charge in [0.2, 0.25) is 21.8 Å². The van der Waals surface area contributed by atoms with Crippen molar-refractivity contribution in [3.63, 3.8) is 0 Å². The summed E-state index contributed by atoms with van der Waals surface area (Å²) in [5, 5.41) is 2.69. The number of nitrogens with zero attached hydrogens (tertiary/aromatic N) is 4. The molecule has 1 atom stereocenters. The number of sulfonamides is 1. The summed E-state index contributed by atoms with van der Waals surface area (Å²) in [7, 11) is -3.80. The van der Waals surface area contributed by atoms with Gasteiger partial charge in [-0.3, -0.25) is 9.59 Å². The topological polar surface area (TPSA) is 155 Å². The maximum absolute atomic E-state index is 15.8. The van der Waals surface area contributed by atoms with Gasteiger partial charge in [0.15, 0.2) is 0 Å². The molecule has 5 N–H and O–H groups in total. The van der Waals surface area contributed by atoms with Crippen molar-refractivity contribution >= 4 is 44.9 Å². The summed E-state index contributed by atoms with van der Waals surface area (Å²) in [5.41, 5.74) is 11.7.